The van der Waals surface area contributed by atoms with Crippen LogP contribution in [-0.4, -0.2) is 10.0 Å². The van der Waals surface area contributed by atoms with Gasteiger partial charge in [-0.3, -0.25) is 10.1 Å². The largest absolute Gasteiger partial charge is 0.507 e. The standard InChI is InChI=1S/C9H4BrNO5/c10-4-1-5-7(12)3-8(13)16-9(5)6(2-4)11(14)15/h1-3,12H. The number of aromatic hydroxyl groups is 1. The zero-order chi connectivity index (χ0) is 11.9. The van der Waals surface area contributed by atoms with Gasteiger partial charge in [0.05, 0.1) is 16.4 Å². The Hall–Kier alpha value is -1.89. The van der Waals surface area contributed by atoms with Crippen LogP contribution in [-0.2, 0) is 0 Å². The highest BCUT2D eigenvalue weighted by atomic mass is 79.9. The fraction of sp³-hybridized carbons (Fsp3) is 0. The van der Waals surface area contributed by atoms with Crippen LogP contribution in [0.4, 0.5) is 5.69 Å². The van der Waals surface area contributed by atoms with Gasteiger partial charge in [0.25, 0.3) is 0 Å². The maximum absolute atomic E-state index is 11.0. The number of non-ortho nitro benzene ring substituents is 1. The van der Waals surface area contributed by atoms with Gasteiger partial charge in [0.1, 0.15) is 5.75 Å². The first-order chi connectivity index (χ1) is 7.49. The third kappa shape index (κ3) is 1.65. The Morgan fingerprint density at radius 2 is 2.06 bits per heavy atom. The molecule has 1 N–H and O–H groups in total. The average molecular weight is 286 g/mol. The summed E-state index contributed by atoms with van der Waals surface area (Å²) in [5.41, 5.74) is -1.45. The molecule has 0 saturated heterocycles. The molecule has 0 unspecified atom stereocenters. The highest BCUT2D eigenvalue weighted by Gasteiger charge is 2.18. The van der Waals surface area contributed by atoms with Crippen LogP contribution in [0.2, 0.25) is 0 Å². The lowest BCUT2D eigenvalue weighted by Gasteiger charge is -2.00. The molecular formula is C9H4BrNO5. The number of nitro benzene ring substituents is 1. The number of fused-ring (bicyclic) bond motifs is 1. The summed E-state index contributed by atoms with van der Waals surface area (Å²) in [7, 11) is 0. The van der Waals surface area contributed by atoms with Gasteiger partial charge in [-0.1, -0.05) is 15.9 Å². The molecule has 0 aliphatic rings. The summed E-state index contributed by atoms with van der Waals surface area (Å²) in [4.78, 5) is 21.0. The molecule has 0 radical (unpaired) electrons. The molecule has 16 heavy (non-hydrogen) atoms. The van der Waals surface area contributed by atoms with Crippen molar-refractivity contribution in [2.45, 2.75) is 0 Å². The molecule has 82 valence electrons. The SMILES string of the molecule is O=c1cc(O)c2cc(Br)cc([N+](=O)[O-])c2o1. The molecule has 7 heteroatoms. The van der Waals surface area contributed by atoms with Crippen molar-refractivity contribution in [1.82, 2.24) is 0 Å². The van der Waals surface area contributed by atoms with E-state index in [0.29, 0.717) is 4.47 Å². The number of nitrogens with zero attached hydrogens (tertiary/aromatic N) is 1. The van der Waals surface area contributed by atoms with Crippen molar-refractivity contribution in [3.8, 4) is 5.75 Å². The van der Waals surface area contributed by atoms with Gasteiger partial charge in [-0.05, 0) is 6.07 Å². The van der Waals surface area contributed by atoms with Gasteiger partial charge in [-0.25, -0.2) is 4.79 Å². The summed E-state index contributed by atoms with van der Waals surface area (Å²) in [6.07, 6.45) is 0. The van der Waals surface area contributed by atoms with Gasteiger partial charge in [0.2, 0.25) is 5.58 Å². The van der Waals surface area contributed by atoms with Crippen molar-refractivity contribution in [2.24, 2.45) is 0 Å². The van der Waals surface area contributed by atoms with Crippen molar-refractivity contribution in [3.05, 3.63) is 43.2 Å². The molecular weight excluding hydrogens is 282 g/mol. The van der Waals surface area contributed by atoms with Crippen LogP contribution in [0.15, 0.2) is 31.9 Å². The van der Waals surface area contributed by atoms with E-state index >= 15 is 0 Å². The fourth-order valence-electron chi connectivity index (χ4n) is 1.33. The van der Waals surface area contributed by atoms with Crippen molar-refractivity contribution in [3.63, 3.8) is 0 Å². The summed E-state index contributed by atoms with van der Waals surface area (Å²) in [6, 6.07) is 3.49. The number of rotatable bonds is 1. The summed E-state index contributed by atoms with van der Waals surface area (Å²) in [5.74, 6) is -0.351. The van der Waals surface area contributed by atoms with Gasteiger partial charge in [0.15, 0.2) is 0 Å². The minimum atomic E-state index is -0.838. The van der Waals surface area contributed by atoms with E-state index in [4.69, 9.17) is 4.42 Å². The summed E-state index contributed by atoms with van der Waals surface area (Å²) >= 11 is 3.07. The Morgan fingerprint density at radius 1 is 1.38 bits per heavy atom. The lowest BCUT2D eigenvalue weighted by atomic mass is 10.2. The van der Waals surface area contributed by atoms with E-state index in [2.05, 4.69) is 15.9 Å². The molecule has 0 saturated carbocycles. The number of hydrogen-bond donors (Lipinski definition) is 1. The van der Waals surface area contributed by atoms with Crippen LogP contribution >= 0.6 is 15.9 Å². The number of halogens is 1. The first-order valence-corrected chi connectivity index (χ1v) is 4.89. The predicted octanol–water partition coefficient (Wildman–Crippen LogP) is 2.17. The smallest absolute Gasteiger partial charge is 0.340 e. The van der Waals surface area contributed by atoms with Crippen molar-refractivity contribution in [1.29, 1.82) is 0 Å². The second kappa shape index (κ2) is 3.60. The number of hydrogen-bond acceptors (Lipinski definition) is 5. The number of benzene rings is 1. The first kappa shape index (κ1) is 10.6. The molecule has 1 heterocycles. The third-order valence-electron chi connectivity index (χ3n) is 1.96. The van der Waals surface area contributed by atoms with Crippen LogP contribution in [0.1, 0.15) is 0 Å². The van der Waals surface area contributed by atoms with Crippen LogP contribution in [0.5, 0.6) is 5.75 Å². The van der Waals surface area contributed by atoms with Gasteiger partial charge in [-0.15, -0.1) is 0 Å². The Kier molecular flexibility index (Phi) is 2.39. The normalized spacial score (nSPS) is 10.6. The molecule has 0 spiro atoms. The topological polar surface area (TPSA) is 93.6 Å². The summed E-state index contributed by atoms with van der Waals surface area (Å²) in [6.45, 7) is 0. The van der Waals surface area contributed by atoms with Gasteiger partial charge < -0.3 is 9.52 Å². The quantitative estimate of drug-likeness (QED) is 0.492. The minimum Gasteiger partial charge on any atom is -0.507 e. The molecule has 2 aromatic rings. The Morgan fingerprint density at radius 3 is 2.69 bits per heavy atom. The van der Waals surface area contributed by atoms with Crippen molar-refractivity contribution in [2.75, 3.05) is 0 Å². The average Bonchev–Trinajstić information content (AvgIpc) is 2.18. The van der Waals surface area contributed by atoms with E-state index in [1.165, 1.54) is 12.1 Å². The molecule has 0 aliphatic carbocycles. The second-order valence-corrected chi connectivity index (χ2v) is 3.93. The van der Waals surface area contributed by atoms with Gasteiger partial charge in [0, 0.05) is 10.5 Å². The molecule has 0 fully saturated rings. The van der Waals surface area contributed by atoms with Crippen LogP contribution in [0, 0.1) is 10.1 Å². The van der Waals surface area contributed by atoms with Crippen molar-refractivity contribution < 1.29 is 14.4 Å². The maximum Gasteiger partial charge on any atom is 0.340 e. The third-order valence-corrected chi connectivity index (χ3v) is 2.42. The zero-order valence-corrected chi connectivity index (χ0v) is 9.22. The first-order valence-electron chi connectivity index (χ1n) is 4.10. The lowest BCUT2D eigenvalue weighted by Crippen LogP contribution is -1.98. The fourth-order valence-corrected chi connectivity index (χ4v) is 1.78. The van der Waals surface area contributed by atoms with E-state index in [1.807, 2.05) is 0 Å². The van der Waals surface area contributed by atoms with Crippen molar-refractivity contribution >= 4 is 32.6 Å². The molecule has 0 atom stereocenters. The monoisotopic (exact) mass is 285 g/mol. The Balaban J connectivity index is 3.01. The van der Waals surface area contributed by atoms with Gasteiger partial charge in [-0.2, -0.15) is 0 Å². The minimum absolute atomic E-state index is 0.112. The number of nitro groups is 1. The molecule has 1 aromatic carbocycles. The highest BCUT2D eigenvalue weighted by molar-refractivity contribution is 9.10. The summed E-state index contributed by atoms with van der Waals surface area (Å²) < 4.78 is 5.12. The van der Waals surface area contributed by atoms with Gasteiger partial charge >= 0.3 is 11.3 Å². The molecule has 0 aliphatic heterocycles. The molecule has 1 aromatic heterocycles. The lowest BCUT2D eigenvalue weighted by molar-refractivity contribution is -0.383. The highest BCUT2D eigenvalue weighted by Crippen LogP contribution is 2.33. The molecule has 0 amide bonds. The van der Waals surface area contributed by atoms with Crippen LogP contribution in [0.3, 0.4) is 0 Å². The Bertz CT molecular complexity index is 648. The molecule has 6 nitrogen and oxygen atoms in total. The predicted molar refractivity (Wildman–Crippen MR) is 58.5 cm³/mol. The van der Waals surface area contributed by atoms with Crippen LogP contribution < -0.4 is 5.63 Å². The molecule has 0 bridgehead atoms. The van der Waals surface area contributed by atoms with E-state index in [0.717, 1.165) is 6.07 Å². The zero-order valence-electron chi connectivity index (χ0n) is 7.64. The van der Waals surface area contributed by atoms with E-state index < -0.39 is 10.5 Å². The maximum atomic E-state index is 11.0. The summed E-state index contributed by atoms with van der Waals surface area (Å²) in [5, 5.41) is 20.3. The second-order valence-electron chi connectivity index (χ2n) is 3.01. The van der Waals surface area contributed by atoms with Crippen LogP contribution in [0.25, 0.3) is 11.0 Å². The van der Waals surface area contributed by atoms with E-state index in [-0.39, 0.29) is 22.4 Å². The molecule has 2 rings (SSSR count). The Labute approximate surface area is 96.4 Å². The van der Waals surface area contributed by atoms with E-state index in [1.54, 1.807) is 0 Å². The van der Waals surface area contributed by atoms with E-state index in [9.17, 15) is 20.0 Å².